The van der Waals surface area contributed by atoms with Gasteiger partial charge >= 0.3 is 0 Å². The Morgan fingerprint density at radius 2 is 1.74 bits per heavy atom. The third-order valence-corrected chi connectivity index (χ3v) is 3.67. The zero-order valence-electron chi connectivity index (χ0n) is 14.3. The molecule has 2 aromatic rings. The summed E-state index contributed by atoms with van der Waals surface area (Å²) in [6.45, 7) is 1.21. The van der Waals surface area contributed by atoms with Crippen LogP contribution in [0.3, 0.4) is 0 Å². The molecule has 1 aromatic heterocycles. The van der Waals surface area contributed by atoms with Crippen molar-refractivity contribution in [3.63, 3.8) is 0 Å². The number of ether oxygens (including phenoxy) is 4. The Kier molecular flexibility index (Phi) is 5.90. The van der Waals surface area contributed by atoms with Crippen LogP contribution in [0.1, 0.15) is 11.3 Å². The highest BCUT2D eigenvalue weighted by atomic mass is 16.5. The second-order valence-electron chi connectivity index (χ2n) is 5.01. The van der Waals surface area contributed by atoms with E-state index in [2.05, 4.69) is 10.3 Å². The van der Waals surface area contributed by atoms with Gasteiger partial charge in [0.25, 0.3) is 0 Å². The van der Waals surface area contributed by atoms with Gasteiger partial charge in [-0.25, -0.2) is 0 Å². The Morgan fingerprint density at radius 3 is 2.30 bits per heavy atom. The molecule has 6 heteroatoms. The molecule has 0 amide bonds. The lowest BCUT2D eigenvalue weighted by atomic mass is 9.99. The minimum absolute atomic E-state index is 0.507. The van der Waals surface area contributed by atoms with Crippen LogP contribution in [0.25, 0.3) is 11.1 Å². The van der Waals surface area contributed by atoms with Crippen molar-refractivity contribution in [2.75, 3.05) is 35.5 Å². The maximum absolute atomic E-state index is 5.62. The molecule has 0 aliphatic carbocycles. The molecule has 2 N–H and O–H groups in total. The molecule has 0 saturated carbocycles. The van der Waals surface area contributed by atoms with Crippen LogP contribution in [0.2, 0.25) is 0 Å². The maximum atomic E-state index is 5.62. The number of benzene rings is 1. The molecule has 0 spiro atoms. The van der Waals surface area contributed by atoms with Gasteiger partial charge in [0.2, 0.25) is 5.75 Å². The van der Waals surface area contributed by atoms with Gasteiger partial charge in [-0.05, 0) is 19.2 Å². The van der Waals surface area contributed by atoms with Gasteiger partial charge in [0.05, 0.1) is 27.9 Å². The van der Waals surface area contributed by atoms with Crippen LogP contribution >= 0.6 is 0 Å². The van der Waals surface area contributed by atoms with Crippen LogP contribution in [0.15, 0.2) is 18.3 Å². The first-order chi connectivity index (χ1) is 11.2. The van der Waals surface area contributed by atoms with E-state index in [9.17, 15) is 0 Å². The average Bonchev–Trinajstić information content (AvgIpc) is 2.96. The zero-order chi connectivity index (χ0) is 16.8. The Balaban J connectivity index is 2.67. The quantitative estimate of drug-likeness (QED) is 0.782. The first-order valence-corrected chi connectivity index (χ1v) is 7.33. The third-order valence-electron chi connectivity index (χ3n) is 3.67. The molecule has 0 fully saturated rings. The molecular weight excluding hydrogens is 296 g/mol. The molecule has 1 aromatic carbocycles. The van der Waals surface area contributed by atoms with Gasteiger partial charge in [-0.1, -0.05) is 0 Å². The highest BCUT2D eigenvalue weighted by molar-refractivity contribution is 5.80. The monoisotopic (exact) mass is 320 g/mol. The number of hydrogen-bond donors (Lipinski definition) is 2. The first-order valence-electron chi connectivity index (χ1n) is 7.33. The molecule has 0 unspecified atom stereocenters. The lowest BCUT2D eigenvalue weighted by Gasteiger charge is -2.17. The molecule has 0 aliphatic rings. The van der Waals surface area contributed by atoms with E-state index in [0.717, 1.165) is 22.4 Å². The van der Waals surface area contributed by atoms with E-state index in [1.807, 2.05) is 25.4 Å². The van der Waals surface area contributed by atoms with Crippen molar-refractivity contribution in [3.8, 4) is 28.4 Å². The van der Waals surface area contributed by atoms with Gasteiger partial charge in [0, 0.05) is 42.2 Å². The number of methoxy groups -OCH3 is 4. The lowest BCUT2D eigenvalue weighted by molar-refractivity contribution is 0.185. The number of hydrogen-bond acceptors (Lipinski definition) is 5. The first kappa shape index (κ1) is 17.2. The van der Waals surface area contributed by atoms with Crippen molar-refractivity contribution in [2.45, 2.75) is 13.2 Å². The van der Waals surface area contributed by atoms with Crippen LogP contribution in [0.5, 0.6) is 17.2 Å². The molecule has 126 valence electrons. The van der Waals surface area contributed by atoms with E-state index in [4.69, 9.17) is 18.9 Å². The van der Waals surface area contributed by atoms with Gasteiger partial charge in [0.15, 0.2) is 11.5 Å². The summed E-state index contributed by atoms with van der Waals surface area (Å²) in [5.41, 5.74) is 4.11. The van der Waals surface area contributed by atoms with E-state index in [0.29, 0.717) is 30.4 Å². The van der Waals surface area contributed by atoms with Crippen LogP contribution in [0, 0.1) is 0 Å². The summed E-state index contributed by atoms with van der Waals surface area (Å²) < 4.78 is 21.8. The Morgan fingerprint density at radius 1 is 1.00 bits per heavy atom. The van der Waals surface area contributed by atoms with Crippen molar-refractivity contribution in [1.82, 2.24) is 10.3 Å². The largest absolute Gasteiger partial charge is 0.493 e. The van der Waals surface area contributed by atoms with Crippen LogP contribution in [-0.2, 0) is 17.9 Å². The van der Waals surface area contributed by atoms with E-state index < -0.39 is 0 Å². The molecule has 2 rings (SSSR count). The predicted molar refractivity (Wildman–Crippen MR) is 89.4 cm³/mol. The lowest BCUT2D eigenvalue weighted by Crippen LogP contribution is -2.07. The van der Waals surface area contributed by atoms with E-state index in [-0.39, 0.29) is 0 Å². The molecule has 0 bridgehead atoms. The summed E-state index contributed by atoms with van der Waals surface area (Å²) >= 11 is 0. The third kappa shape index (κ3) is 3.28. The van der Waals surface area contributed by atoms with Gasteiger partial charge < -0.3 is 29.2 Å². The van der Waals surface area contributed by atoms with E-state index in [1.54, 1.807) is 28.4 Å². The topological polar surface area (TPSA) is 64.7 Å². The SMILES string of the molecule is CNCc1[nH]cc(COC)c1-c1ccc(OC)c(OC)c1OC. The normalized spacial score (nSPS) is 10.7. The summed E-state index contributed by atoms with van der Waals surface area (Å²) in [5.74, 6) is 1.85. The molecule has 23 heavy (non-hydrogen) atoms. The van der Waals surface area contributed by atoms with Crippen LogP contribution < -0.4 is 19.5 Å². The van der Waals surface area contributed by atoms with Crippen LogP contribution in [-0.4, -0.2) is 40.5 Å². The zero-order valence-corrected chi connectivity index (χ0v) is 14.3. The number of aromatic amines is 1. The average molecular weight is 320 g/mol. The predicted octanol–water partition coefficient (Wildman–Crippen LogP) is 2.57. The van der Waals surface area contributed by atoms with Gasteiger partial charge in [-0.2, -0.15) is 0 Å². The highest BCUT2D eigenvalue weighted by Crippen LogP contribution is 2.46. The summed E-state index contributed by atoms with van der Waals surface area (Å²) in [7, 11) is 8.43. The Hall–Kier alpha value is -2.18. The van der Waals surface area contributed by atoms with E-state index in [1.165, 1.54) is 0 Å². The minimum atomic E-state index is 0.507. The fourth-order valence-electron chi connectivity index (χ4n) is 2.73. The molecule has 0 atom stereocenters. The summed E-state index contributed by atoms with van der Waals surface area (Å²) in [6.07, 6.45) is 1.96. The van der Waals surface area contributed by atoms with E-state index >= 15 is 0 Å². The summed E-state index contributed by atoms with van der Waals surface area (Å²) in [4.78, 5) is 3.31. The fraction of sp³-hybridized carbons (Fsp3) is 0.412. The Labute approximate surface area is 136 Å². The Bertz CT molecular complexity index is 629. The second-order valence-corrected chi connectivity index (χ2v) is 5.01. The van der Waals surface area contributed by atoms with Crippen LogP contribution in [0.4, 0.5) is 0 Å². The van der Waals surface area contributed by atoms with Crippen molar-refractivity contribution < 1.29 is 18.9 Å². The van der Waals surface area contributed by atoms with Gasteiger partial charge in [-0.15, -0.1) is 0 Å². The molecule has 0 aliphatic heterocycles. The fourth-order valence-corrected chi connectivity index (χ4v) is 2.73. The second kappa shape index (κ2) is 7.89. The van der Waals surface area contributed by atoms with Gasteiger partial charge in [0.1, 0.15) is 0 Å². The molecule has 6 nitrogen and oxygen atoms in total. The van der Waals surface area contributed by atoms with Crippen molar-refractivity contribution in [2.24, 2.45) is 0 Å². The number of H-pyrrole nitrogens is 1. The standard InChI is InChI=1S/C17H24N2O4/c1-18-9-13-15(11(8-19-13)10-20-2)12-6-7-14(21-3)17(23-5)16(12)22-4/h6-8,18-19H,9-10H2,1-5H3. The number of nitrogens with one attached hydrogen (secondary N) is 2. The molecule has 1 heterocycles. The summed E-state index contributed by atoms with van der Waals surface area (Å²) in [6, 6.07) is 3.85. The highest BCUT2D eigenvalue weighted by Gasteiger charge is 2.22. The maximum Gasteiger partial charge on any atom is 0.203 e. The van der Waals surface area contributed by atoms with Crippen molar-refractivity contribution in [1.29, 1.82) is 0 Å². The van der Waals surface area contributed by atoms with Gasteiger partial charge in [-0.3, -0.25) is 0 Å². The minimum Gasteiger partial charge on any atom is -0.493 e. The number of rotatable bonds is 8. The smallest absolute Gasteiger partial charge is 0.203 e. The van der Waals surface area contributed by atoms with Crippen molar-refractivity contribution in [3.05, 3.63) is 29.6 Å². The molecule has 0 saturated heterocycles. The molecular formula is C17H24N2O4. The summed E-state index contributed by atoms with van der Waals surface area (Å²) in [5, 5.41) is 3.17. The molecule has 0 radical (unpaired) electrons. The number of aromatic nitrogens is 1. The van der Waals surface area contributed by atoms with Crippen molar-refractivity contribution >= 4 is 0 Å².